The molecule has 4 saturated carbocycles. The lowest BCUT2D eigenvalue weighted by Crippen LogP contribution is -2.57. The highest BCUT2D eigenvalue weighted by atomic mass is 16.3. The van der Waals surface area contributed by atoms with Crippen LogP contribution < -0.4 is 10.6 Å². The molecule has 4 bridgehead atoms. The molecule has 4 fully saturated rings. The van der Waals surface area contributed by atoms with E-state index in [2.05, 4.69) is 10.6 Å². The number of hydrogen-bond acceptors (Lipinski definition) is 3. The van der Waals surface area contributed by atoms with Gasteiger partial charge in [-0.25, -0.2) is 0 Å². The van der Waals surface area contributed by atoms with Crippen molar-refractivity contribution in [3.8, 4) is 5.75 Å². The Balaban J connectivity index is 1.46. The summed E-state index contributed by atoms with van der Waals surface area (Å²) in [5.41, 5.74) is 0.280. The number of hydrogen-bond donors (Lipinski definition) is 3. The van der Waals surface area contributed by atoms with Crippen molar-refractivity contribution in [2.24, 2.45) is 29.1 Å². The Labute approximate surface area is 160 Å². The lowest BCUT2D eigenvalue weighted by molar-refractivity contribution is -0.148. The molecule has 146 valence electrons. The van der Waals surface area contributed by atoms with E-state index >= 15 is 0 Å². The highest BCUT2D eigenvalue weighted by Gasteiger charge is 2.55. The van der Waals surface area contributed by atoms with E-state index in [0.717, 1.165) is 19.3 Å². The molecule has 4 aliphatic carbocycles. The van der Waals surface area contributed by atoms with E-state index in [4.69, 9.17) is 0 Å². The fourth-order valence-corrected chi connectivity index (χ4v) is 6.02. The summed E-state index contributed by atoms with van der Waals surface area (Å²) in [5.74, 6) is 2.02. The largest absolute Gasteiger partial charge is 0.508 e. The van der Waals surface area contributed by atoms with Gasteiger partial charge in [0.2, 0.25) is 11.8 Å². The molecule has 1 aromatic carbocycles. The van der Waals surface area contributed by atoms with Crippen molar-refractivity contribution in [1.82, 2.24) is 5.32 Å². The third-order valence-corrected chi connectivity index (χ3v) is 6.87. The average molecular weight is 370 g/mol. The number of benzene rings is 1. The Kier molecular flexibility index (Phi) is 4.65. The van der Waals surface area contributed by atoms with Crippen LogP contribution in [0.1, 0.15) is 52.4 Å². The maximum absolute atomic E-state index is 13.3. The summed E-state index contributed by atoms with van der Waals surface area (Å²) in [6.07, 6.45) is 6.84. The fourth-order valence-electron chi connectivity index (χ4n) is 6.02. The summed E-state index contributed by atoms with van der Waals surface area (Å²) in [4.78, 5) is 26.1. The maximum atomic E-state index is 13.3. The minimum Gasteiger partial charge on any atom is -0.508 e. The van der Waals surface area contributed by atoms with Gasteiger partial charge < -0.3 is 15.7 Å². The van der Waals surface area contributed by atoms with Gasteiger partial charge in [-0.2, -0.15) is 0 Å². The van der Waals surface area contributed by atoms with Crippen LogP contribution >= 0.6 is 0 Å². The molecule has 1 unspecified atom stereocenters. The van der Waals surface area contributed by atoms with Gasteiger partial charge in [-0.05, 0) is 74.3 Å². The van der Waals surface area contributed by atoms with Gasteiger partial charge in [-0.1, -0.05) is 19.9 Å². The molecule has 2 amide bonds. The summed E-state index contributed by atoms with van der Waals surface area (Å²) in [6, 6.07) is 5.91. The number of carbonyl (C=O) groups is 2. The Hall–Kier alpha value is -2.04. The second-order valence-electron chi connectivity index (χ2n) is 9.43. The van der Waals surface area contributed by atoms with Crippen LogP contribution in [-0.4, -0.2) is 23.0 Å². The van der Waals surface area contributed by atoms with Gasteiger partial charge in [0.1, 0.15) is 11.8 Å². The Morgan fingerprint density at radius 3 is 2.19 bits per heavy atom. The van der Waals surface area contributed by atoms with Crippen LogP contribution in [0.25, 0.3) is 0 Å². The first-order valence-corrected chi connectivity index (χ1v) is 10.3. The number of phenolic OH excluding ortho intramolecular Hbond substituents is 1. The zero-order valence-electron chi connectivity index (χ0n) is 16.2. The number of nitrogens with one attached hydrogen (secondary N) is 2. The van der Waals surface area contributed by atoms with Crippen molar-refractivity contribution in [3.63, 3.8) is 0 Å². The van der Waals surface area contributed by atoms with Gasteiger partial charge >= 0.3 is 0 Å². The second kappa shape index (κ2) is 6.84. The number of aromatic hydroxyl groups is 1. The average Bonchev–Trinajstić information content (AvgIpc) is 2.57. The van der Waals surface area contributed by atoms with Gasteiger partial charge in [0.25, 0.3) is 0 Å². The van der Waals surface area contributed by atoms with Crippen LogP contribution in [0.3, 0.4) is 0 Å². The summed E-state index contributed by atoms with van der Waals surface area (Å²) < 4.78 is 0. The van der Waals surface area contributed by atoms with Gasteiger partial charge in [0, 0.05) is 17.2 Å². The monoisotopic (exact) mass is 370 g/mol. The smallest absolute Gasteiger partial charge is 0.247 e. The third-order valence-electron chi connectivity index (χ3n) is 6.87. The van der Waals surface area contributed by atoms with Crippen LogP contribution in [0.4, 0.5) is 5.69 Å². The van der Waals surface area contributed by atoms with Crippen LogP contribution in [0.2, 0.25) is 0 Å². The molecule has 0 aromatic heterocycles. The molecule has 5 nitrogen and oxygen atoms in total. The summed E-state index contributed by atoms with van der Waals surface area (Å²) in [6.45, 7) is 3.90. The Bertz CT molecular complexity index is 708. The van der Waals surface area contributed by atoms with Crippen molar-refractivity contribution in [2.75, 3.05) is 5.32 Å². The minimum absolute atomic E-state index is 0.0137. The van der Waals surface area contributed by atoms with Crippen LogP contribution in [0.5, 0.6) is 5.75 Å². The molecule has 1 atom stereocenters. The van der Waals surface area contributed by atoms with Gasteiger partial charge in [-0.3, -0.25) is 9.59 Å². The molecular formula is C22H30N2O3. The van der Waals surface area contributed by atoms with Gasteiger partial charge in [0.05, 0.1) is 0 Å². The zero-order chi connectivity index (χ0) is 19.2. The molecule has 1 aromatic rings. The SMILES string of the molecule is CC(C)C(NC(=O)C12CC3CC(CC(C3)C1)C2)C(=O)Nc1cccc(O)c1. The van der Waals surface area contributed by atoms with E-state index in [9.17, 15) is 14.7 Å². The van der Waals surface area contributed by atoms with E-state index in [0.29, 0.717) is 23.4 Å². The number of rotatable bonds is 5. The summed E-state index contributed by atoms with van der Waals surface area (Å²) in [5, 5.41) is 15.5. The van der Waals surface area contributed by atoms with E-state index in [1.54, 1.807) is 18.2 Å². The standard InChI is InChI=1S/C22H30N2O3/c1-13(2)19(20(26)23-17-4-3-5-18(25)9-17)24-21(27)22-10-14-6-15(11-22)8-16(7-14)12-22/h3-5,9,13-16,19,25H,6-8,10-12H2,1-2H3,(H,23,26)(H,24,27). The molecule has 5 rings (SSSR count). The van der Waals surface area contributed by atoms with Crippen LogP contribution in [0.15, 0.2) is 24.3 Å². The summed E-state index contributed by atoms with van der Waals surface area (Å²) in [7, 11) is 0. The Morgan fingerprint density at radius 2 is 1.67 bits per heavy atom. The molecule has 0 saturated heterocycles. The van der Waals surface area contributed by atoms with E-state index in [1.807, 2.05) is 13.8 Å². The molecule has 0 radical (unpaired) electrons. The highest BCUT2D eigenvalue weighted by molar-refractivity contribution is 5.98. The first-order chi connectivity index (χ1) is 12.8. The third kappa shape index (κ3) is 3.56. The van der Waals surface area contributed by atoms with Crippen LogP contribution in [-0.2, 0) is 9.59 Å². The molecular weight excluding hydrogens is 340 g/mol. The van der Waals surface area contributed by atoms with E-state index < -0.39 is 6.04 Å². The van der Waals surface area contributed by atoms with Crippen molar-refractivity contribution >= 4 is 17.5 Å². The highest BCUT2D eigenvalue weighted by Crippen LogP contribution is 2.60. The number of anilines is 1. The molecule has 4 aliphatic rings. The topological polar surface area (TPSA) is 78.4 Å². The normalized spacial score (nSPS) is 32.3. The van der Waals surface area contributed by atoms with E-state index in [1.165, 1.54) is 25.3 Å². The molecule has 0 spiro atoms. The molecule has 0 heterocycles. The second-order valence-corrected chi connectivity index (χ2v) is 9.43. The Morgan fingerprint density at radius 1 is 1.07 bits per heavy atom. The number of phenols is 1. The molecule has 0 aliphatic heterocycles. The predicted molar refractivity (Wildman–Crippen MR) is 104 cm³/mol. The van der Waals surface area contributed by atoms with Crippen molar-refractivity contribution in [3.05, 3.63) is 24.3 Å². The van der Waals surface area contributed by atoms with Gasteiger partial charge in [-0.15, -0.1) is 0 Å². The number of carbonyl (C=O) groups excluding carboxylic acids is 2. The van der Waals surface area contributed by atoms with E-state index in [-0.39, 0.29) is 28.9 Å². The van der Waals surface area contributed by atoms with Crippen LogP contribution in [0, 0.1) is 29.1 Å². The first kappa shape index (κ1) is 18.3. The predicted octanol–water partition coefficient (Wildman–Crippen LogP) is 3.69. The molecule has 3 N–H and O–H groups in total. The van der Waals surface area contributed by atoms with Crippen molar-refractivity contribution in [1.29, 1.82) is 0 Å². The van der Waals surface area contributed by atoms with Crippen molar-refractivity contribution < 1.29 is 14.7 Å². The molecule has 27 heavy (non-hydrogen) atoms. The summed E-state index contributed by atoms with van der Waals surface area (Å²) >= 11 is 0. The molecule has 5 heteroatoms. The lowest BCUT2D eigenvalue weighted by Gasteiger charge is -2.55. The van der Waals surface area contributed by atoms with Gasteiger partial charge in [0.15, 0.2) is 0 Å². The zero-order valence-corrected chi connectivity index (χ0v) is 16.2. The number of amides is 2. The lowest BCUT2D eigenvalue weighted by atomic mass is 9.49. The fraction of sp³-hybridized carbons (Fsp3) is 0.636. The van der Waals surface area contributed by atoms with Crippen molar-refractivity contribution in [2.45, 2.75) is 58.4 Å². The minimum atomic E-state index is -0.576. The quantitative estimate of drug-likeness (QED) is 0.740. The first-order valence-electron chi connectivity index (χ1n) is 10.3. The maximum Gasteiger partial charge on any atom is 0.247 e.